The number of carboxylic acid groups (broad SMARTS) is 1. The minimum absolute atomic E-state index is 0.0215. The van der Waals surface area contributed by atoms with Crippen molar-refractivity contribution in [3.05, 3.63) is 0 Å². The lowest BCUT2D eigenvalue weighted by molar-refractivity contribution is -0.149. The number of nitrogens with one attached hydrogen (secondary N) is 2. The summed E-state index contributed by atoms with van der Waals surface area (Å²) in [5, 5.41) is 22.6. The van der Waals surface area contributed by atoms with E-state index >= 15 is 0 Å². The van der Waals surface area contributed by atoms with E-state index < -0.39 is 36.0 Å². The Bertz CT molecular complexity index is 452. The van der Waals surface area contributed by atoms with Crippen LogP contribution in [0.3, 0.4) is 0 Å². The summed E-state index contributed by atoms with van der Waals surface area (Å²) in [6.45, 7) is 1.92. The number of aliphatic carboxylic acids is 1. The molecule has 0 unspecified atom stereocenters. The van der Waals surface area contributed by atoms with Crippen molar-refractivity contribution in [2.24, 2.45) is 5.92 Å². The normalized spacial score (nSPS) is 25.0. The Kier molecular flexibility index (Phi) is 5.36. The molecule has 0 bridgehead atoms. The minimum atomic E-state index is -1.08. The first kappa shape index (κ1) is 16.7. The van der Waals surface area contributed by atoms with E-state index in [0.717, 1.165) is 19.3 Å². The molecule has 2 aliphatic rings. The van der Waals surface area contributed by atoms with E-state index in [1.165, 1.54) is 11.9 Å². The second-order valence-corrected chi connectivity index (χ2v) is 6.02. The van der Waals surface area contributed by atoms with Crippen LogP contribution in [0.2, 0.25) is 0 Å². The van der Waals surface area contributed by atoms with Crippen LogP contribution in [0, 0.1) is 5.92 Å². The Morgan fingerprint density at radius 2 is 1.91 bits per heavy atom. The minimum Gasteiger partial charge on any atom is -0.480 e. The number of amides is 2. The summed E-state index contributed by atoms with van der Waals surface area (Å²) >= 11 is 0. The number of rotatable bonds is 5. The summed E-state index contributed by atoms with van der Waals surface area (Å²) in [6.07, 6.45) is 2.62. The lowest BCUT2D eigenvalue weighted by atomic mass is 9.81. The van der Waals surface area contributed by atoms with Gasteiger partial charge in [-0.2, -0.15) is 0 Å². The van der Waals surface area contributed by atoms with Gasteiger partial charge >= 0.3 is 5.97 Å². The topological polar surface area (TPSA) is 119 Å². The lowest BCUT2D eigenvalue weighted by Gasteiger charge is -2.34. The predicted molar refractivity (Wildman–Crippen MR) is 76.5 cm³/mol. The molecule has 1 saturated carbocycles. The highest BCUT2D eigenvalue weighted by Gasteiger charge is 2.34. The zero-order valence-electron chi connectivity index (χ0n) is 12.6. The second-order valence-electron chi connectivity index (χ2n) is 6.02. The molecule has 1 saturated heterocycles. The number of carbonyl (C=O) groups is 3. The van der Waals surface area contributed by atoms with Crippen molar-refractivity contribution < 1.29 is 24.6 Å². The van der Waals surface area contributed by atoms with Gasteiger partial charge in [-0.05, 0) is 38.5 Å². The van der Waals surface area contributed by atoms with Crippen LogP contribution in [-0.2, 0) is 14.4 Å². The summed E-state index contributed by atoms with van der Waals surface area (Å²) in [5.41, 5.74) is 2.65. The maximum absolute atomic E-state index is 12.3. The molecule has 1 heterocycles. The molecular weight excluding hydrogens is 290 g/mol. The third kappa shape index (κ3) is 3.75. The molecule has 2 rings (SSSR count). The van der Waals surface area contributed by atoms with Crippen LogP contribution in [0.15, 0.2) is 0 Å². The molecule has 4 N–H and O–H groups in total. The number of carboxylic acids is 1. The van der Waals surface area contributed by atoms with Crippen LogP contribution < -0.4 is 10.7 Å². The second kappa shape index (κ2) is 7.06. The molecule has 3 atom stereocenters. The fraction of sp³-hybridized carbons (Fsp3) is 0.786. The summed E-state index contributed by atoms with van der Waals surface area (Å²) in [6, 6.07) is -1.61. The first-order chi connectivity index (χ1) is 10.4. The van der Waals surface area contributed by atoms with Crippen LogP contribution in [-0.4, -0.2) is 57.7 Å². The zero-order chi connectivity index (χ0) is 16.3. The van der Waals surface area contributed by atoms with Crippen molar-refractivity contribution in [1.82, 2.24) is 15.8 Å². The third-order valence-corrected chi connectivity index (χ3v) is 4.34. The third-order valence-electron chi connectivity index (χ3n) is 4.34. The van der Waals surface area contributed by atoms with Gasteiger partial charge in [0.25, 0.3) is 5.91 Å². The molecule has 1 aliphatic heterocycles. The summed E-state index contributed by atoms with van der Waals surface area (Å²) in [4.78, 5) is 35.1. The molecule has 124 valence electrons. The molecule has 8 heteroatoms. The van der Waals surface area contributed by atoms with Crippen LogP contribution >= 0.6 is 0 Å². The first-order valence-electron chi connectivity index (χ1n) is 7.69. The van der Waals surface area contributed by atoms with Gasteiger partial charge in [0.2, 0.25) is 5.91 Å². The van der Waals surface area contributed by atoms with Crippen molar-refractivity contribution in [3.8, 4) is 0 Å². The van der Waals surface area contributed by atoms with Gasteiger partial charge in [-0.3, -0.25) is 19.4 Å². The molecule has 1 aliphatic carbocycles. The van der Waals surface area contributed by atoms with Crippen LogP contribution in [0.4, 0.5) is 0 Å². The van der Waals surface area contributed by atoms with E-state index in [-0.39, 0.29) is 5.92 Å². The van der Waals surface area contributed by atoms with Gasteiger partial charge in [-0.1, -0.05) is 6.42 Å². The Balaban J connectivity index is 1.85. The number of aliphatic hydroxyl groups is 1. The molecule has 0 aromatic heterocycles. The van der Waals surface area contributed by atoms with E-state index in [1.807, 2.05) is 0 Å². The van der Waals surface area contributed by atoms with Gasteiger partial charge in [-0.25, -0.2) is 5.43 Å². The standard InChI is InChI=1S/C14H23N3O5/c1-8(15-12(19)11(18)9-4-2-5-9)13(20)17-7-3-6-10(16-17)14(21)22/h8-11,16,18H,2-7H2,1H3,(H,15,19)(H,21,22)/t8-,10-,11-/m0/s1. The average molecular weight is 313 g/mol. The monoisotopic (exact) mass is 313 g/mol. The van der Waals surface area contributed by atoms with Gasteiger partial charge in [0.1, 0.15) is 18.2 Å². The fourth-order valence-electron chi connectivity index (χ4n) is 2.69. The van der Waals surface area contributed by atoms with E-state index in [1.54, 1.807) is 0 Å². The SMILES string of the molecule is C[C@H](NC(=O)[C@@H](O)C1CCC1)C(=O)N1CCC[C@@H](C(=O)O)N1. The average Bonchev–Trinajstić information content (AvgIpc) is 2.44. The van der Waals surface area contributed by atoms with Crippen LogP contribution in [0.1, 0.15) is 39.0 Å². The van der Waals surface area contributed by atoms with E-state index in [2.05, 4.69) is 10.7 Å². The molecule has 2 fully saturated rings. The molecule has 8 nitrogen and oxygen atoms in total. The molecule has 0 aromatic carbocycles. The summed E-state index contributed by atoms with van der Waals surface area (Å²) in [7, 11) is 0. The zero-order valence-corrected chi connectivity index (χ0v) is 12.6. The number of hydrogen-bond acceptors (Lipinski definition) is 5. The van der Waals surface area contributed by atoms with Gasteiger partial charge in [0.05, 0.1) is 0 Å². The Hall–Kier alpha value is -1.67. The van der Waals surface area contributed by atoms with Crippen molar-refractivity contribution in [3.63, 3.8) is 0 Å². The quantitative estimate of drug-likeness (QED) is 0.529. The number of nitrogens with zero attached hydrogens (tertiary/aromatic N) is 1. The number of aliphatic hydroxyl groups excluding tert-OH is 1. The highest BCUT2D eigenvalue weighted by atomic mass is 16.4. The van der Waals surface area contributed by atoms with Crippen molar-refractivity contribution >= 4 is 17.8 Å². The molecule has 0 aromatic rings. The molecular formula is C14H23N3O5. The fourth-order valence-corrected chi connectivity index (χ4v) is 2.69. The number of carbonyl (C=O) groups excluding carboxylic acids is 2. The molecule has 2 amide bonds. The Morgan fingerprint density at radius 1 is 1.23 bits per heavy atom. The van der Waals surface area contributed by atoms with E-state index in [4.69, 9.17) is 5.11 Å². The predicted octanol–water partition coefficient (Wildman–Crippen LogP) is -0.768. The van der Waals surface area contributed by atoms with Crippen LogP contribution in [0.5, 0.6) is 0 Å². The van der Waals surface area contributed by atoms with Gasteiger partial charge in [-0.15, -0.1) is 0 Å². The van der Waals surface area contributed by atoms with Gasteiger partial charge in [0, 0.05) is 6.54 Å². The molecule has 0 spiro atoms. The lowest BCUT2D eigenvalue weighted by Crippen LogP contribution is -2.60. The number of hydrazine groups is 1. The Labute approximate surface area is 128 Å². The molecule has 22 heavy (non-hydrogen) atoms. The van der Waals surface area contributed by atoms with E-state index in [0.29, 0.717) is 19.4 Å². The first-order valence-corrected chi connectivity index (χ1v) is 7.69. The number of hydrogen-bond donors (Lipinski definition) is 4. The highest BCUT2D eigenvalue weighted by molar-refractivity contribution is 5.89. The van der Waals surface area contributed by atoms with Crippen molar-refractivity contribution in [2.45, 2.75) is 57.2 Å². The smallest absolute Gasteiger partial charge is 0.322 e. The van der Waals surface area contributed by atoms with E-state index in [9.17, 15) is 19.5 Å². The van der Waals surface area contributed by atoms with Crippen molar-refractivity contribution in [1.29, 1.82) is 0 Å². The van der Waals surface area contributed by atoms with Gasteiger partial charge < -0.3 is 15.5 Å². The van der Waals surface area contributed by atoms with Crippen LogP contribution in [0.25, 0.3) is 0 Å². The summed E-state index contributed by atoms with van der Waals surface area (Å²) < 4.78 is 0. The van der Waals surface area contributed by atoms with Crippen molar-refractivity contribution in [2.75, 3.05) is 6.54 Å². The highest BCUT2D eigenvalue weighted by Crippen LogP contribution is 2.29. The van der Waals surface area contributed by atoms with Gasteiger partial charge in [0.15, 0.2) is 0 Å². The molecule has 0 radical (unpaired) electrons. The summed E-state index contributed by atoms with van der Waals surface area (Å²) in [5.74, 6) is -1.97. The maximum Gasteiger partial charge on any atom is 0.322 e. The Morgan fingerprint density at radius 3 is 2.45 bits per heavy atom. The largest absolute Gasteiger partial charge is 0.480 e. The maximum atomic E-state index is 12.3.